The van der Waals surface area contributed by atoms with Crippen LogP contribution in [0.5, 0.6) is 0 Å². The molecule has 2 heterocycles. The van der Waals surface area contributed by atoms with Gasteiger partial charge in [-0.3, -0.25) is 4.79 Å². The first kappa shape index (κ1) is 23.5. The van der Waals surface area contributed by atoms with Crippen LogP contribution < -0.4 is 0 Å². The minimum absolute atomic E-state index is 0.0424. The van der Waals surface area contributed by atoms with Gasteiger partial charge in [-0.05, 0) is 69.4 Å². The molecule has 8 heteroatoms. The van der Waals surface area contributed by atoms with Crippen molar-refractivity contribution in [3.63, 3.8) is 0 Å². The molecule has 0 N–H and O–H groups in total. The van der Waals surface area contributed by atoms with Crippen LogP contribution in [0.4, 0.5) is 0 Å². The molecule has 0 spiro atoms. The molecule has 1 aromatic carbocycles. The summed E-state index contributed by atoms with van der Waals surface area (Å²) in [5.41, 5.74) is 5.85. The second-order valence-corrected chi connectivity index (χ2v) is 10.7. The van der Waals surface area contributed by atoms with Crippen molar-refractivity contribution in [2.45, 2.75) is 66.2 Å². The van der Waals surface area contributed by atoms with Gasteiger partial charge < -0.3 is 9.42 Å². The number of rotatable bonds is 4. The van der Waals surface area contributed by atoms with Gasteiger partial charge in [-0.1, -0.05) is 19.0 Å². The first-order chi connectivity index (χ1) is 14.4. The average Bonchev–Trinajstić information content (AvgIpc) is 3.12. The minimum atomic E-state index is -3.65. The Balaban J connectivity index is 1.85. The SMILES string of the molecule is Cc1noc(C(C)C)c1C(=O)N1CCN(S(=O)(=O)c2c(C)c(C)c(C)c(C)c2C)CC1. The molecule has 0 aliphatic carbocycles. The number of hydrogen-bond donors (Lipinski definition) is 0. The monoisotopic (exact) mass is 447 g/mol. The van der Waals surface area contributed by atoms with Gasteiger partial charge in [0.05, 0.1) is 10.6 Å². The van der Waals surface area contributed by atoms with Crippen molar-refractivity contribution in [2.24, 2.45) is 0 Å². The van der Waals surface area contributed by atoms with Gasteiger partial charge in [0.2, 0.25) is 10.0 Å². The summed E-state index contributed by atoms with van der Waals surface area (Å²) in [6.45, 7) is 16.6. The van der Waals surface area contributed by atoms with Crippen LogP contribution in [0.25, 0.3) is 0 Å². The third-order valence-corrected chi connectivity index (χ3v) is 8.86. The number of aromatic nitrogens is 1. The summed E-state index contributed by atoms with van der Waals surface area (Å²) in [4.78, 5) is 15.2. The topological polar surface area (TPSA) is 83.7 Å². The molecule has 7 nitrogen and oxygen atoms in total. The van der Waals surface area contributed by atoms with Gasteiger partial charge in [0, 0.05) is 32.1 Å². The van der Waals surface area contributed by atoms with Crippen LogP contribution in [0.15, 0.2) is 9.42 Å². The Kier molecular flexibility index (Phi) is 6.35. The van der Waals surface area contributed by atoms with Gasteiger partial charge >= 0.3 is 0 Å². The Labute approximate surface area is 185 Å². The molecule has 1 saturated heterocycles. The summed E-state index contributed by atoms with van der Waals surface area (Å²) in [6.07, 6.45) is 0. The first-order valence-electron chi connectivity index (χ1n) is 10.7. The Bertz CT molecular complexity index is 1100. The van der Waals surface area contributed by atoms with Gasteiger partial charge in [0.25, 0.3) is 5.91 Å². The summed E-state index contributed by atoms with van der Waals surface area (Å²) >= 11 is 0. The number of amides is 1. The van der Waals surface area contributed by atoms with Crippen LogP contribution in [0.1, 0.15) is 69.4 Å². The second kappa shape index (κ2) is 8.39. The second-order valence-electron chi connectivity index (χ2n) is 8.81. The zero-order valence-corrected chi connectivity index (χ0v) is 20.6. The van der Waals surface area contributed by atoms with Crippen LogP contribution in [0.2, 0.25) is 0 Å². The molecule has 1 aromatic heterocycles. The highest BCUT2D eigenvalue weighted by Gasteiger charge is 2.35. The maximum atomic E-state index is 13.5. The fraction of sp³-hybridized carbons (Fsp3) is 0.565. The first-order valence-corrected chi connectivity index (χ1v) is 12.2. The number of carbonyl (C=O) groups is 1. The Morgan fingerprint density at radius 3 is 1.84 bits per heavy atom. The normalized spacial score (nSPS) is 15.7. The van der Waals surface area contributed by atoms with Crippen molar-refractivity contribution in [1.29, 1.82) is 0 Å². The maximum absolute atomic E-state index is 13.5. The fourth-order valence-corrected chi connectivity index (χ4v) is 6.30. The lowest BCUT2D eigenvalue weighted by atomic mass is 9.95. The predicted molar refractivity (Wildman–Crippen MR) is 120 cm³/mol. The largest absolute Gasteiger partial charge is 0.360 e. The van der Waals surface area contributed by atoms with Crippen molar-refractivity contribution in [2.75, 3.05) is 26.2 Å². The van der Waals surface area contributed by atoms with Gasteiger partial charge in [0.1, 0.15) is 5.56 Å². The fourth-order valence-electron chi connectivity index (χ4n) is 4.31. The Morgan fingerprint density at radius 1 is 0.871 bits per heavy atom. The number of piperazine rings is 1. The molecule has 3 rings (SSSR count). The van der Waals surface area contributed by atoms with E-state index in [1.165, 1.54) is 4.31 Å². The Hall–Kier alpha value is -2.19. The number of nitrogens with zero attached hydrogens (tertiary/aromatic N) is 3. The molecule has 31 heavy (non-hydrogen) atoms. The van der Waals surface area contributed by atoms with Crippen molar-refractivity contribution >= 4 is 15.9 Å². The van der Waals surface area contributed by atoms with E-state index in [9.17, 15) is 13.2 Å². The number of benzene rings is 1. The minimum Gasteiger partial charge on any atom is -0.360 e. The van der Waals surface area contributed by atoms with Crippen LogP contribution in [0, 0.1) is 41.5 Å². The zero-order valence-electron chi connectivity index (χ0n) is 19.8. The van der Waals surface area contributed by atoms with E-state index in [2.05, 4.69) is 5.16 Å². The van der Waals surface area contributed by atoms with E-state index in [1.807, 2.05) is 48.5 Å². The number of hydrogen-bond acceptors (Lipinski definition) is 5. The molecule has 1 aliphatic heterocycles. The average molecular weight is 448 g/mol. The number of aryl methyl sites for hydroxylation is 1. The maximum Gasteiger partial charge on any atom is 0.259 e. The third kappa shape index (κ3) is 3.91. The van der Waals surface area contributed by atoms with Crippen LogP contribution in [-0.2, 0) is 10.0 Å². The molecule has 1 fully saturated rings. The molecule has 1 aliphatic rings. The molecule has 2 aromatic rings. The Morgan fingerprint density at radius 2 is 1.35 bits per heavy atom. The van der Waals surface area contributed by atoms with E-state index in [0.29, 0.717) is 35.0 Å². The van der Waals surface area contributed by atoms with Gasteiger partial charge in [-0.2, -0.15) is 4.31 Å². The van der Waals surface area contributed by atoms with Crippen LogP contribution in [0.3, 0.4) is 0 Å². The van der Waals surface area contributed by atoms with Crippen molar-refractivity contribution in [1.82, 2.24) is 14.4 Å². The van der Waals surface area contributed by atoms with E-state index >= 15 is 0 Å². The van der Waals surface area contributed by atoms with Crippen LogP contribution >= 0.6 is 0 Å². The van der Waals surface area contributed by atoms with Gasteiger partial charge in [-0.25, -0.2) is 8.42 Å². The lowest BCUT2D eigenvalue weighted by Crippen LogP contribution is -2.50. The highest BCUT2D eigenvalue weighted by Crippen LogP contribution is 2.32. The van der Waals surface area contributed by atoms with Crippen molar-refractivity contribution in [3.8, 4) is 0 Å². The summed E-state index contributed by atoms with van der Waals surface area (Å²) in [5.74, 6) is 0.476. The molecule has 0 bridgehead atoms. The lowest BCUT2D eigenvalue weighted by Gasteiger charge is -2.35. The third-order valence-electron chi connectivity index (χ3n) is 6.68. The molecule has 0 saturated carbocycles. The molecule has 0 unspecified atom stereocenters. The number of sulfonamides is 1. The summed E-state index contributed by atoms with van der Waals surface area (Å²) in [7, 11) is -3.65. The summed E-state index contributed by atoms with van der Waals surface area (Å²) < 4.78 is 34.0. The molecule has 0 radical (unpaired) electrons. The lowest BCUT2D eigenvalue weighted by molar-refractivity contribution is 0.0694. The van der Waals surface area contributed by atoms with Gasteiger partial charge in [0.15, 0.2) is 5.76 Å². The quantitative estimate of drug-likeness (QED) is 0.712. The summed E-state index contributed by atoms with van der Waals surface area (Å²) in [6, 6.07) is 0. The molecule has 1 amide bonds. The molecule has 170 valence electrons. The van der Waals surface area contributed by atoms with E-state index in [-0.39, 0.29) is 24.9 Å². The highest BCUT2D eigenvalue weighted by molar-refractivity contribution is 7.89. The van der Waals surface area contributed by atoms with E-state index in [1.54, 1.807) is 11.8 Å². The standard InChI is InChI=1S/C23H33N3O4S/c1-13(2)21-20(19(8)24-30-21)23(27)25-9-11-26(12-10-25)31(28,29)22-17(6)15(4)14(3)16(5)18(22)7/h13H,9-12H2,1-8H3. The van der Waals surface area contributed by atoms with E-state index in [0.717, 1.165) is 27.8 Å². The van der Waals surface area contributed by atoms with E-state index in [4.69, 9.17) is 4.52 Å². The number of carbonyl (C=O) groups excluding carboxylic acids is 1. The smallest absolute Gasteiger partial charge is 0.259 e. The van der Waals surface area contributed by atoms with E-state index < -0.39 is 10.0 Å². The molecular weight excluding hydrogens is 414 g/mol. The van der Waals surface area contributed by atoms with Crippen molar-refractivity contribution in [3.05, 3.63) is 44.8 Å². The van der Waals surface area contributed by atoms with Gasteiger partial charge in [-0.15, -0.1) is 0 Å². The summed E-state index contributed by atoms with van der Waals surface area (Å²) in [5, 5.41) is 3.96. The highest BCUT2D eigenvalue weighted by atomic mass is 32.2. The molecule has 0 atom stereocenters. The predicted octanol–water partition coefficient (Wildman–Crippen LogP) is 3.80. The zero-order chi connectivity index (χ0) is 23.2. The molecular formula is C23H33N3O4S. The van der Waals surface area contributed by atoms with Crippen molar-refractivity contribution < 1.29 is 17.7 Å². The van der Waals surface area contributed by atoms with Crippen LogP contribution in [-0.4, -0.2) is 54.9 Å².